The van der Waals surface area contributed by atoms with E-state index >= 15 is 0 Å². The zero-order valence-corrected chi connectivity index (χ0v) is 22.3. The highest BCUT2D eigenvalue weighted by atomic mass is 28.4. The van der Waals surface area contributed by atoms with Crippen LogP contribution in [0.3, 0.4) is 0 Å². The molecule has 1 aliphatic carbocycles. The Balaban J connectivity index is 1.71. The van der Waals surface area contributed by atoms with Crippen LogP contribution in [0.15, 0.2) is 30.3 Å². The van der Waals surface area contributed by atoms with Crippen LogP contribution in [0.5, 0.6) is 0 Å². The molecule has 184 valence electrons. The average Bonchev–Trinajstić information content (AvgIpc) is 3.13. The highest BCUT2D eigenvalue weighted by molar-refractivity contribution is 6.74. The van der Waals surface area contributed by atoms with Crippen LogP contribution in [-0.4, -0.2) is 44.5 Å². The molecule has 0 unspecified atom stereocenters. The second-order valence-corrected chi connectivity index (χ2v) is 16.3. The third-order valence-electron chi connectivity index (χ3n) is 7.94. The summed E-state index contributed by atoms with van der Waals surface area (Å²) in [6.45, 7) is 12.0. The summed E-state index contributed by atoms with van der Waals surface area (Å²) >= 11 is 0. The molecule has 0 radical (unpaired) electrons. The summed E-state index contributed by atoms with van der Waals surface area (Å²) in [4.78, 5) is 27.8. The maximum absolute atomic E-state index is 13.8. The molecular weight excluding hydrogens is 430 g/mol. The van der Waals surface area contributed by atoms with E-state index in [0.717, 1.165) is 12.0 Å². The quantitative estimate of drug-likeness (QED) is 0.380. The van der Waals surface area contributed by atoms with Gasteiger partial charge >= 0.3 is 6.09 Å². The Morgan fingerprint density at radius 3 is 2.45 bits per heavy atom. The molecule has 1 aromatic rings. The topological polar surface area (TPSA) is 55.8 Å². The van der Waals surface area contributed by atoms with E-state index in [1.165, 1.54) is 37.0 Å². The van der Waals surface area contributed by atoms with Gasteiger partial charge < -0.3 is 9.16 Å². The summed E-state index contributed by atoms with van der Waals surface area (Å²) in [5, 5.41) is 0.134. The number of hydrogen-bond donors (Lipinski definition) is 0. The molecule has 2 aliphatic rings. The lowest BCUT2D eigenvalue weighted by atomic mass is 9.81. The first-order chi connectivity index (χ1) is 15.6. The van der Waals surface area contributed by atoms with Crippen LogP contribution >= 0.6 is 0 Å². The molecule has 1 heterocycles. The molecule has 2 atom stereocenters. The van der Waals surface area contributed by atoms with Crippen LogP contribution in [0.2, 0.25) is 18.1 Å². The summed E-state index contributed by atoms with van der Waals surface area (Å²) in [7, 11) is -1.88. The van der Waals surface area contributed by atoms with E-state index in [9.17, 15) is 9.59 Å². The van der Waals surface area contributed by atoms with E-state index in [0.29, 0.717) is 25.4 Å². The number of hydrogen-bond acceptors (Lipinski definition) is 4. The van der Waals surface area contributed by atoms with Crippen molar-refractivity contribution >= 4 is 20.3 Å². The molecular formula is C27H43NO4Si. The van der Waals surface area contributed by atoms with Gasteiger partial charge in [0.15, 0.2) is 8.32 Å². The maximum Gasteiger partial charge on any atom is 0.416 e. The fraction of sp³-hybridized carbons (Fsp3) is 0.704. The number of carbonyl (C=O) groups is 2. The Morgan fingerprint density at radius 1 is 1.15 bits per heavy atom. The number of imide groups is 1. The van der Waals surface area contributed by atoms with E-state index in [2.05, 4.69) is 33.9 Å². The van der Waals surface area contributed by atoms with Crippen molar-refractivity contribution in [3.63, 3.8) is 0 Å². The van der Waals surface area contributed by atoms with Crippen molar-refractivity contribution in [3.8, 4) is 0 Å². The molecule has 0 aromatic heterocycles. The third kappa shape index (κ3) is 6.92. The Morgan fingerprint density at radius 2 is 1.82 bits per heavy atom. The first-order valence-electron chi connectivity index (χ1n) is 12.8. The van der Waals surface area contributed by atoms with Gasteiger partial charge in [-0.15, -0.1) is 0 Å². The highest BCUT2D eigenvalue weighted by Gasteiger charge is 2.42. The van der Waals surface area contributed by atoms with Crippen molar-refractivity contribution in [2.24, 2.45) is 11.8 Å². The molecule has 6 heteroatoms. The molecule has 0 N–H and O–H groups in total. The molecule has 0 bridgehead atoms. The van der Waals surface area contributed by atoms with Gasteiger partial charge in [-0.1, -0.05) is 83.2 Å². The predicted octanol–water partition coefficient (Wildman–Crippen LogP) is 6.58. The minimum atomic E-state index is -1.88. The van der Waals surface area contributed by atoms with Gasteiger partial charge in [-0.25, -0.2) is 9.69 Å². The third-order valence-corrected chi connectivity index (χ3v) is 12.5. The number of nitrogens with zero attached hydrogens (tertiary/aromatic N) is 1. The second kappa shape index (κ2) is 11.2. The first kappa shape index (κ1) is 26.0. The summed E-state index contributed by atoms with van der Waals surface area (Å²) in [5.41, 5.74) is 1.11. The Kier molecular flexibility index (Phi) is 8.79. The molecule has 0 spiro atoms. The van der Waals surface area contributed by atoms with E-state index in [1.807, 2.05) is 30.3 Å². The standard InChI is InChI=1S/C27H43NO4Si/c1-27(2,3)33(4,5)32-17-16-23(18-21-12-8-6-9-13-21)25(29)28-24(20-31-26(28)30)19-22-14-10-7-11-15-22/h7,10-11,14-15,21,23-24H,6,8-9,12-13,16-20H2,1-5H3/t23-,24-/m1/s1. The predicted molar refractivity (Wildman–Crippen MR) is 135 cm³/mol. The number of ether oxygens (including phenoxy) is 1. The van der Waals surface area contributed by atoms with Crippen LogP contribution in [0, 0.1) is 11.8 Å². The van der Waals surface area contributed by atoms with Crippen LogP contribution in [0.1, 0.15) is 71.3 Å². The molecule has 1 saturated carbocycles. The number of carbonyl (C=O) groups excluding carboxylic acids is 2. The smallest absolute Gasteiger partial charge is 0.416 e. The Hall–Kier alpha value is -1.66. The van der Waals surface area contributed by atoms with E-state index in [1.54, 1.807) is 0 Å². The van der Waals surface area contributed by atoms with Gasteiger partial charge in [0.1, 0.15) is 6.61 Å². The average molecular weight is 474 g/mol. The van der Waals surface area contributed by atoms with Crippen molar-refractivity contribution in [1.82, 2.24) is 4.90 Å². The minimum absolute atomic E-state index is 0.0668. The normalized spacial score (nSPS) is 21.2. The fourth-order valence-corrected chi connectivity index (χ4v) is 5.87. The van der Waals surface area contributed by atoms with Gasteiger partial charge in [0, 0.05) is 12.5 Å². The lowest BCUT2D eigenvalue weighted by Crippen LogP contribution is -2.45. The zero-order chi connectivity index (χ0) is 24.1. The lowest BCUT2D eigenvalue weighted by molar-refractivity contribution is -0.134. The molecule has 1 aromatic carbocycles. The van der Waals surface area contributed by atoms with Crippen molar-refractivity contribution in [3.05, 3.63) is 35.9 Å². The summed E-state index contributed by atoms with van der Waals surface area (Å²) in [6.07, 6.45) is 7.82. The zero-order valence-electron chi connectivity index (χ0n) is 21.3. The van der Waals surface area contributed by atoms with Crippen LogP contribution < -0.4 is 0 Å². The van der Waals surface area contributed by atoms with Crippen LogP contribution in [-0.2, 0) is 20.4 Å². The Labute approximate surface area is 201 Å². The fourth-order valence-electron chi connectivity index (χ4n) is 4.80. The minimum Gasteiger partial charge on any atom is -0.447 e. The van der Waals surface area contributed by atoms with Crippen molar-refractivity contribution < 1.29 is 18.8 Å². The number of cyclic esters (lactones) is 1. The van der Waals surface area contributed by atoms with Gasteiger partial charge in [0.05, 0.1) is 6.04 Å². The summed E-state index contributed by atoms with van der Waals surface area (Å²) < 4.78 is 11.8. The molecule has 2 amide bonds. The summed E-state index contributed by atoms with van der Waals surface area (Å²) in [5.74, 6) is 0.302. The van der Waals surface area contributed by atoms with Crippen LogP contribution in [0.25, 0.3) is 0 Å². The van der Waals surface area contributed by atoms with Crippen molar-refractivity contribution in [2.45, 2.75) is 96.3 Å². The molecule has 2 fully saturated rings. The highest BCUT2D eigenvalue weighted by Crippen LogP contribution is 2.37. The maximum atomic E-state index is 13.8. The number of benzene rings is 1. The summed E-state index contributed by atoms with van der Waals surface area (Å²) in [6, 6.07) is 9.80. The van der Waals surface area contributed by atoms with Crippen molar-refractivity contribution in [2.75, 3.05) is 13.2 Å². The number of amides is 2. The lowest BCUT2D eigenvalue weighted by Gasteiger charge is -2.37. The van der Waals surface area contributed by atoms with Gasteiger partial charge in [-0.05, 0) is 48.9 Å². The van der Waals surface area contributed by atoms with E-state index < -0.39 is 14.4 Å². The first-order valence-corrected chi connectivity index (χ1v) is 15.7. The van der Waals surface area contributed by atoms with Gasteiger partial charge in [-0.3, -0.25) is 4.79 Å². The van der Waals surface area contributed by atoms with Gasteiger partial charge in [0.25, 0.3) is 0 Å². The van der Waals surface area contributed by atoms with Crippen molar-refractivity contribution in [1.29, 1.82) is 0 Å². The second-order valence-electron chi connectivity index (χ2n) is 11.5. The molecule has 5 nitrogen and oxygen atoms in total. The number of rotatable bonds is 9. The van der Waals surface area contributed by atoms with Crippen LogP contribution in [0.4, 0.5) is 4.79 Å². The molecule has 33 heavy (non-hydrogen) atoms. The van der Waals surface area contributed by atoms with Gasteiger partial charge in [0.2, 0.25) is 5.91 Å². The molecule has 1 saturated heterocycles. The van der Waals surface area contributed by atoms with E-state index in [4.69, 9.17) is 9.16 Å². The molecule has 3 rings (SSSR count). The van der Waals surface area contributed by atoms with Gasteiger partial charge in [-0.2, -0.15) is 0 Å². The molecule has 1 aliphatic heterocycles. The monoisotopic (exact) mass is 473 g/mol. The Bertz CT molecular complexity index is 783. The largest absolute Gasteiger partial charge is 0.447 e. The SMILES string of the molecule is CC(C)(C)[Si](C)(C)OCC[C@H](CC1CCCCC1)C(=O)N1C(=O)OC[C@H]1Cc1ccccc1. The van der Waals surface area contributed by atoms with E-state index in [-0.39, 0.29) is 29.5 Å².